The van der Waals surface area contributed by atoms with E-state index in [9.17, 15) is 67.4 Å². The first-order valence-corrected chi connectivity index (χ1v) is 38.7. The van der Waals surface area contributed by atoms with E-state index in [1.54, 1.807) is 0 Å². The van der Waals surface area contributed by atoms with Crippen molar-refractivity contribution in [3.8, 4) is 0 Å². The number of hydrogen-bond acceptors (Lipinski definition) is 14. The van der Waals surface area contributed by atoms with E-state index in [-0.39, 0.29) is 102 Å². The number of rotatable bonds is 26. The lowest BCUT2D eigenvalue weighted by Gasteiger charge is -2.29. The summed E-state index contributed by atoms with van der Waals surface area (Å²) in [4.78, 5) is 177. The van der Waals surface area contributed by atoms with Crippen LogP contribution in [0.1, 0.15) is 232 Å². The van der Waals surface area contributed by atoms with Crippen LogP contribution in [0.5, 0.6) is 0 Å². The second kappa shape index (κ2) is 33.9. The molecular weight excluding hydrogens is 1280 g/mol. The second-order valence-corrected chi connectivity index (χ2v) is 31.9. The smallest absolute Gasteiger partial charge is 0.225 e. The fraction of sp³-hybridized carbons (Fsp3) is 0.822. The molecule has 13 amide bonds. The Balaban J connectivity index is 0.602. The molecule has 0 aliphatic heterocycles. The Morgan fingerprint density at radius 1 is 0.280 bits per heavy atom. The molecule has 0 bridgehead atoms. The van der Waals surface area contributed by atoms with Crippen molar-refractivity contribution in [1.29, 1.82) is 0 Å². The van der Waals surface area contributed by atoms with Gasteiger partial charge in [0.2, 0.25) is 76.8 Å². The van der Waals surface area contributed by atoms with E-state index in [4.69, 9.17) is 5.73 Å². The van der Waals surface area contributed by atoms with E-state index in [2.05, 4.69) is 63.8 Å². The van der Waals surface area contributed by atoms with Gasteiger partial charge in [-0.25, -0.2) is 0 Å². The van der Waals surface area contributed by atoms with E-state index in [1.807, 2.05) is 0 Å². The molecule has 11 aliphatic rings. The molecule has 0 aromatic rings. The maximum Gasteiger partial charge on any atom is 0.225 e. The van der Waals surface area contributed by atoms with Crippen molar-refractivity contribution in [2.24, 2.45) is 70.8 Å². The molecule has 100 heavy (non-hydrogen) atoms. The normalized spacial score (nSPS) is 36.5. The van der Waals surface area contributed by atoms with Crippen molar-refractivity contribution in [1.82, 2.24) is 63.8 Å². The third-order valence-electron chi connectivity index (χ3n) is 25.4. The third kappa shape index (κ3) is 17.9. The van der Waals surface area contributed by atoms with E-state index in [0.29, 0.717) is 154 Å². The van der Waals surface area contributed by atoms with Gasteiger partial charge >= 0.3 is 0 Å². The standard InChI is InChI=1S/C73H113N13O14/c1-37(87)61(36-62(89)76-52-27-5-16-41(52)65(92)79-53-28-6-17-42(53)66(93)77-50-25-3-14-39(50)63(74)90)86-73(100)49-24-13-35-60(49)85-72(99)48-23-12-34-59(48)84-71(98)47-22-11-33-58(47)83-70(97)46-21-10-32-57(46)82-69(96)45-20-9-31-56(45)81-68(95)44-19-8-30-55(44)80-67(94)43-18-7-29-54(43)78-64(91)40-15-4-26-51(40)75-38(2)88/h37,39-61,87H,3-36H2,1-2H3,(H2,74,90)(H,75,88)(H,76,89)(H,77,93)(H,78,91)(H,79,92)(H,80,94)(H,81,95)(H,82,96)(H,83,97)(H,84,98)(H,85,99)(H,86,100)/t37-,39+,40+,41+,42+,43+,44+,45+,46+,47+,48+,49+,50+,51+,52+,53+,54+,55+,56+,57+,58+,59+,60+,61+/m1/s1. The van der Waals surface area contributed by atoms with Crippen molar-refractivity contribution < 1.29 is 67.4 Å². The van der Waals surface area contributed by atoms with Gasteiger partial charge in [-0.3, -0.25) is 62.3 Å². The highest BCUT2D eigenvalue weighted by Gasteiger charge is 2.48. The van der Waals surface area contributed by atoms with E-state index in [1.165, 1.54) is 13.8 Å². The second-order valence-electron chi connectivity index (χ2n) is 31.9. The minimum atomic E-state index is -1.11. The summed E-state index contributed by atoms with van der Waals surface area (Å²) in [5, 5.41) is 48.1. The predicted molar refractivity (Wildman–Crippen MR) is 365 cm³/mol. The number of aliphatic hydroxyl groups excluding tert-OH is 1. The zero-order valence-corrected chi connectivity index (χ0v) is 58.7. The first-order chi connectivity index (χ1) is 48.1. The number of aliphatic hydroxyl groups is 1. The van der Waals surface area contributed by atoms with Crippen molar-refractivity contribution in [3.63, 3.8) is 0 Å². The van der Waals surface area contributed by atoms with Crippen molar-refractivity contribution >= 4 is 76.8 Å². The molecule has 0 aromatic heterocycles. The lowest BCUT2D eigenvalue weighted by Crippen LogP contribution is -2.54. The Hall–Kier alpha value is -6.93. The predicted octanol–water partition coefficient (Wildman–Crippen LogP) is 1.88. The fourth-order valence-electron chi connectivity index (χ4n) is 19.9. The van der Waals surface area contributed by atoms with Crippen LogP contribution < -0.4 is 69.5 Å². The minimum absolute atomic E-state index is 0.135. The number of primary amides is 1. The summed E-state index contributed by atoms with van der Waals surface area (Å²) in [5.74, 6) is -8.60. The highest BCUT2D eigenvalue weighted by molar-refractivity contribution is 5.90. The number of carbonyl (C=O) groups is 13. The highest BCUT2D eigenvalue weighted by Crippen LogP contribution is 2.38. The van der Waals surface area contributed by atoms with Gasteiger partial charge in [0.25, 0.3) is 0 Å². The Morgan fingerprint density at radius 2 is 0.460 bits per heavy atom. The molecule has 11 saturated carbocycles. The molecule has 27 nitrogen and oxygen atoms in total. The maximum atomic E-state index is 14.2. The number of carbonyl (C=O) groups excluding carboxylic acids is 13. The van der Waals surface area contributed by atoms with Crippen LogP contribution in [0.3, 0.4) is 0 Å². The summed E-state index contributed by atoms with van der Waals surface area (Å²) in [6.07, 6.45) is 20.1. The number of nitrogens with one attached hydrogen (secondary N) is 12. The summed E-state index contributed by atoms with van der Waals surface area (Å²) in [6, 6.07) is -5.31. The molecule has 15 N–H and O–H groups in total. The molecular formula is C73H113N13O14. The topological polar surface area (TPSA) is 413 Å². The Labute approximate surface area is 587 Å². The van der Waals surface area contributed by atoms with Crippen LogP contribution in [0.2, 0.25) is 0 Å². The monoisotopic (exact) mass is 1400 g/mol. The van der Waals surface area contributed by atoms with Crippen molar-refractivity contribution in [3.05, 3.63) is 0 Å². The minimum Gasteiger partial charge on any atom is -0.391 e. The van der Waals surface area contributed by atoms with Crippen LogP contribution in [-0.2, 0) is 62.3 Å². The number of nitrogens with two attached hydrogens (primary N) is 1. The summed E-state index contributed by atoms with van der Waals surface area (Å²) >= 11 is 0. The van der Waals surface area contributed by atoms with Gasteiger partial charge in [0.1, 0.15) is 0 Å². The van der Waals surface area contributed by atoms with Gasteiger partial charge in [-0.1, -0.05) is 70.6 Å². The van der Waals surface area contributed by atoms with E-state index >= 15 is 0 Å². The average Bonchev–Trinajstić information content (AvgIpc) is 1.66. The SMILES string of the molecule is CC(=O)N[C@H]1CCC[C@@H]1C(=O)N[C@H]1CCC[C@@H]1C(=O)N[C@H]1CCC[C@@H]1C(=O)N[C@H]1CCC[C@@H]1C(=O)N[C@H]1CCC[C@@H]1C(=O)N[C@H]1CCC[C@@H]1C(=O)N[C@H]1CCC[C@@H]1C(=O)N[C@H]1CCC[C@@H]1C(=O)N[C@@H](CC(=O)N[C@H]1CCC[C@@H]1C(=O)N[C@H]1CCC[C@@H]1C(=O)N[C@H]1CCC[C@@H]1C(N)=O)[C@@H](C)O. The zero-order valence-electron chi connectivity index (χ0n) is 58.7. The van der Waals surface area contributed by atoms with Gasteiger partial charge in [-0.15, -0.1) is 0 Å². The average molecular weight is 1400 g/mol. The molecule has 554 valence electrons. The Bertz CT molecular complexity index is 3040. The van der Waals surface area contributed by atoms with Crippen molar-refractivity contribution in [2.75, 3.05) is 0 Å². The van der Waals surface area contributed by atoms with Crippen molar-refractivity contribution in [2.45, 2.75) is 311 Å². The lowest BCUT2D eigenvalue weighted by atomic mass is 9.95. The third-order valence-corrected chi connectivity index (χ3v) is 25.4. The molecule has 24 atom stereocenters. The fourth-order valence-corrected chi connectivity index (χ4v) is 19.9. The summed E-state index contributed by atoms with van der Waals surface area (Å²) in [5.41, 5.74) is 5.60. The van der Waals surface area contributed by atoms with Crippen LogP contribution in [0.25, 0.3) is 0 Å². The van der Waals surface area contributed by atoms with E-state index in [0.717, 1.165) is 57.8 Å². The quantitative estimate of drug-likeness (QED) is 0.0588. The first kappa shape index (κ1) is 74.3. The molecule has 0 radical (unpaired) electrons. The van der Waals surface area contributed by atoms with Gasteiger partial charge in [0, 0.05) is 79.8 Å². The van der Waals surface area contributed by atoms with Gasteiger partial charge < -0.3 is 74.6 Å². The van der Waals surface area contributed by atoms with Gasteiger partial charge in [0.15, 0.2) is 0 Å². The molecule has 11 fully saturated rings. The van der Waals surface area contributed by atoms with E-state index < -0.39 is 125 Å². The summed E-state index contributed by atoms with van der Waals surface area (Å²) in [7, 11) is 0. The van der Waals surface area contributed by atoms with Crippen LogP contribution in [0.4, 0.5) is 0 Å². The lowest BCUT2D eigenvalue weighted by molar-refractivity contribution is -0.133. The zero-order chi connectivity index (χ0) is 70.9. The Kier molecular flexibility index (Phi) is 25.2. The van der Waals surface area contributed by atoms with Gasteiger partial charge in [-0.05, 0) is 148 Å². The number of amides is 13. The molecule has 0 unspecified atom stereocenters. The summed E-state index contributed by atoms with van der Waals surface area (Å²) in [6.45, 7) is 2.94. The molecule has 11 rings (SSSR count). The number of hydrogen-bond donors (Lipinski definition) is 14. The molecule has 0 heterocycles. The van der Waals surface area contributed by atoms with Gasteiger partial charge in [0.05, 0.1) is 77.2 Å². The molecule has 0 spiro atoms. The van der Waals surface area contributed by atoms with Crippen LogP contribution in [0, 0.1) is 65.1 Å². The molecule has 0 aromatic carbocycles. The first-order valence-electron chi connectivity index (χ1n) is 38.7. The van der Waals surface area contributed by atoms with Crippen LogP contribution in [0.15, 0.2) is 0 Å². The highest BCUT2D eigenvalue weighted by atomic mass is 16.3. The summed E-state index contributed by atoms with van der Waals surface area (Å²) < 4.78 is 0. The van der Waals surface area contributed by atoms with Crippen LogP contribution in [-0.4, -0.2) is 161 Å². The van der Waals surface area contributed by atoms with Crippen LogP contribution >= 0.6 is 0 Å². The molecule has 11 aliphatic carbocycles. The Morgan fingerprint density at radius 3 is 0.660 bits per heavy atom. The largest absolute Gasteiger partial charge is 0.391 e. The maximum absolute atomic E-state index is 14.2. The molecule has 27 heteroatoms. The van der Waals surface area contributed by atoms with Gasteiger partial charge in [-0.2, -0.15) is 0 Å². The molecule has 0 saturated heterocycles.